The Hall–Kier alpha value is -1.44. The summed E-state index contributed by atoms with van der Waals surface area (Å²) in [5, 5.41) is 6.01. The fourth-order valence-electron chi connectivity index (χ4n) is 2.88. The second kappa shape index (κ2) is 6.13. The van der Waals surface area contributed by atoms with Crippen LogP contribution in [0, 0.1) is 5.82 Å². The van der Waals surface area contributed by atoms with Gasteiger partial charge in [0.1, 0.15) is 5.82 Å². The second-order valence-corrected chi connectivity index (χ2v) is 7.49. The van der Waals surface area contributed by atoms with Gasteiger partial charge >= 0.3 is 7.12 Å². The first kappa shape index (κ1) is 17.4. The highest BCUT2D eigenvalue weighted by Gasteiger charge is 2.51. The molecule has 1 atom stereocenters. The van der Waals surface area contributed by atoms with Crippen molar-refractivity contribution >= 4 is 18.5 Å². The van der Waals surface area contributed by atoms with Crippen molar-refractivity contribution in [3.63, 3.8) is 0 Å². The van der Waals surface area contributed by atoms with Crippen molar-refractivity contribution in [2.45, 2.75) is 51.4 Å². The average molecular weight is 334 g/mol. The molecular formula is C17H24BFN2O3. The van der Waals surface area contributed by atoms with Gasteiger partial charge in [-0.2, -0.15) is 0 Å². The van der Waals surface area contributed by atoms with Crippen LogP contribution in [-0.2, 0) is 9.31 Å². The van der Waals surface area contributed by atoms with Crippen LogP contribution in [0.5, 0.6) is 0 Å². The maximum absolute atomic E-state index is 14.4. The standard InChI is InChI=1S/C17H24BFN2O3/c1-16(2)17(3,4)24-18(23-16)11-5-6-13(14(19)9-11)15(22)21-12-7-8-20-10-12/h5-6,9,12,20H,7-8,10H2,1-4H3,(H,21,22)/t12-/m1/s1. The lowest BCUT2D eigenvalue weighted by Gasteiger charge is -2.32. The van der Waals surface area contributed by atoms with Gasteiger partial charge in [0.15, 0.2) is 0 Å². The van der Waals surface area contributed by atoms with E-state index >= 15 is 0 Å². The van der Waals surface area contributed by atoms with Gasteiger partial charge in [0.05, 0.1) is 16.8 Å². The van der Waals surface area contributed by atoms with Crippen molar-refractivity contribution in [3.05, 3.63) is 29.6 Å². The second-order valence-electron chi connectivity index (χ2n) is 7.49. The third kappa shape index (κ3) is 3.20. The molecule has 2 aliphatic rings. The Labute approximate surface area is 142 Å². The Morgan fingerprint density at radius 2 is 1.96 bits per heavy atom. The van der Waals surface area contributed by atoms with Gasteiger partial charge in [0.25, 0.3) is 5.91 Å². The number of carbonyl (C=O) groups is 1. The van der Waals surface area contributed by atoms with Crippen LogP contribution >= 0.6 is 0 Å². The molecule has 3 rings (SSSR count). The molecule has 2 N–H and O–H groups in total. The maximum Gasteiger partial charge on any atom is 0.494 e. The third-order valence-corrected chi connectivity index (χ3v) is 5.16. The maximum atomic E-state index is 14.4. The minimum absolute atomic E-state index is 0.0437. The predicted octanol–water partition coefficient (Wildman–Crippen LogP) is 1.22. The smallest absolute Gasteiger partial charge is 0.399 e. The third-order valence-electron chi connectivity index (χ3n) is 5.16. The number of hydrogen-bond donors (Lipinski definition) is 2. The van der Waals surface area contributed by atoms with E-state index < -0.39 is 24.1 Å². The van der Waals surface area contributed by atoms with Crippen molar-refractivity contribution in [1.29, 1.82) is 0 Å². The number of halogens is 1. The number of benzene rings is 1. The number of hydrogen-bond acceptors (Lipinski definition) is 4. The number of rotatable bonds is 3. The quantitative estimate of drug-likeness (QED) is 0.816. The molecule has 2 heterocycles. The topological polar surface area (TPSA) is 59.6 Å². The lowest BCUT2D eigenvalue weighted by Crippen LogP contribution is -2.41. The molecule has 2 saturated heterocycles. The summed E-state index contributed by atoms with van der Waals surface area (Å²) in [6, 6.07) is 4.56. The Kier molecular flexibility index (Phi) is 4.44. The fourth-order valence-corrected chi connectivity index (χ4v) is 2.88. The number of carbonyl (C=O) groups excluding carboxylic acids is 1. The Bertz CT molecular complexity index is 629. The predicted molar refractivity (Wildman–Crippen MR) is 90.9 cm³/mol. The number of amides is 1. The summed E-state index contributed by atoms with van der Waals surface area (Å²) in [5.41, 5.74) is -0.355. The van der Waals surface area contributed by atoms with Crippen LogP contribution in [0.3, 0.4) is 0 Å². The van der Waals surface area contributed by atoms with Gasteiger partial charge in [0.2, 0.25) is 0 Å². The zero-order valence-corrected chi connectivity index (χ0v) is 14.6. The van der Waals surface area contributed by atoms with Gasteiger partial charge in [0, 0.05) is 12.6 Å². The first-order valence-corrected chi connectivity index (χ1v) is 8.36. The molecule has 1 aromatic rings. The summed E-state index contributed by atoms with van der Waals surface area (Å²) < 4.78 is 26.3. The normalized spacial score (nSPS) is 25.0. The molecule has 0 bridgehead atoms. The summed E-state index contributed by atoms with van der Waals surface area (Å²) in [4.78, 5) is 12.2. The molecule has 2 aliphatic heterocycles. The van der Waals surface area contributed by atoms with Crippen molar-refractivity contribution < 1.29 is 18.5 Å². The van der Waals surface area contributed by atoms with Gasteiger partial charge in [-0.3, -0.25) is 4.79 Å². The first-order valence-electron chi connectivity index (χ1n) is 8.36. The van der Waals surface area contributed by atoms with Crippen LogP contribution in [-0.4, -0.2) is 43.4 Å². The molecule has 0 saturated carbocycles. The van der Waals surface area contributed by atoms with E-state index in [2.05, 4.69) is 10.6 Å². The zero-order valence-electron chi connectivity index (χ0n) is 14.6. The minimum atomic E-state index is -0.638. The van der Waals surface area contributed by atoms with Crippen molar-refractivity contribution in [1.82, 2.24) is 10.6 Å². The summed E-state index contributed by atoms with van der Waals surface area (Å²) in [6.45, 7) is 9.37. The molecule has 0 radical (unpaired) electrons. The summed E-state index contributed by atoms with van der Waals surface area (Å²) in [5.74, 6) is -0.952. The largest absolute Gasteiger partial charge is 0.494 e. The molecule has 1 amide bonds. The van der Waals surface area contributed by atoms with Crippen LogP contribution in [0.2, 0.25) is 0 Å². The van der Waals surface area contributed by atoms with Gasteiger partial charge in [-0.1, -0.05) is 6.07 Å². The van der Waals surface area contributed by atoms with E-state index in [0.29, 0.717) is 5.46 Å². The lowest BCUT2D eigenvalue weighted by atomic mass is 9.78. The SMILES string of the molecule is CC1(C)OB(c2ccc(C(=O)N[C@@H]3CCNC3)c(F)c2)OC1(C)C. The van der Waals surface area contributed by atoms with E-state index in [1.54, 1.807) is 6.07 Å². The molecule has 1 aromatic carbocycles. The van der Waals surface area contributed by atoms with E-state index in [-0.39, 0.29) is 17.5 Å². The van der Waals surface area contributed by atoms with Gasteiger partial charge in [-0.15, -0.1) is 0 Å². The van der Waals surface area contributed by atoms with Crippen LogP contribution in [0.1, 0.15) is 44.5 Å². The van der Waals surface area contributed by atoms with E-state index in [9.17, 15) is 9.18 Å². The highest BCUT2D eigenvalue weighted by Crippen LogP contribution is 2.36. The Morgan fingerprint density at radius 1 is 1.29 bits per heavy atom. The van der Waals surface area contributed by atoms with Crippen molar-refractivity contribution in [2.75, 3.05) is 13.1 Å². The van der Waals surface area contributed by atoms with Crippen LogP contribution < -0.4 is 16.1 Å². The molecule has 7 heteroatoms. The highest BCUT2D eigenvalue weighted by atomic mass is 19.1. The average Bonchev–Trinajstić information content (AvgIpc) is 3.05. The molecule has 5 nitrogen and oxygen atoms in total. The van der Waals surface area contributed by atoms with E-state index in [4.69, 9.17) is 9.31 Å². The van der Waals surface area contributed by atoms with Crippen LogP contribution in [0.25, 0.3) is 0 Å². The van der Waals surface area contributed by atoms with E-state index in [1.165, 1.54) is 12.1 Å². The lowest BCUT2D eigenvalue weighted by molar-refractivity contribution is 0.00578. The highest BCUT2D eigenvalue weighted by molar-refractivity contribution is 6.62. The zero-order chi connectivity index (χ0) is 17.5. The molecule has 0 aliphatic carbocycles. The van der Waals surface area contributed by atoms with E-state index in [1.807, 2.05) is 27.7 Å². The summed E-state index contributed by atoms with van der Waals surface area (Å²) in [7, 11) is -0.638. The molecular weight excluding hydrogens is 310 g/mol. The fraction of sp³-hybridized carbons (Fsp3) is 0.588. The Morgan fingerprint density at radius 3 is 2.50 bits per heavy atom. The monoisotopic (exact) mass is 334 g/mol. The van der Waals surface area contributed by atoms with Gasteiger partial charge < -0.3 is 19.9 Å². The van der Waals surface area contributed by atoms with Crippen LogP contribution in [0.15, 0.2) is 18.2 Å². The first-order chi connectivity index (χ1) is 11.2. The number of nitrogens with one attached hydrogen (secondary N) is 2. The van der Waals surface area contributed by atoms with Crippen LogP contribution in [0.4, 0.5) is 4.39 Å². The summed E-state index contributed by atoms with van der Waals surface area (Å²) in [6.07, 6.45) is 0.860. The van der Waals surface area contributed by atoms with Gasteiger partial charge in [-0.05, 0) is 58.3 Å². The van der Waals surface area contributed by atoms with Crippen molar-refractivity contribution in [2.24, 2.45) is 0 Å². The van der Waals surface area contributed by atoms with E-state index in [0.717, 1.165) is 19.5 Å². The van der Waals surface area contributed by atoms with Crippen molar-refractivity contribution in [3.8, 4) is 0 Å². The molecule has 0 unspecified atom stereocenters. The summed E-state index contributed by atoms with van der Waals surface area (Å²) >= 11 is 0. The molecule has 0 aromatic heterocycles. The van der Waals surface area contributed by atoms with Gasteiger partial charge in [-0.25, -0.2) is 4.39 Å². The molecule has 0 spiro atoms. The molecule has 130 valence electrons. The molecule has 24 heavy (non-hydrogen) atoms. The minimum Gasteiger partial charge on any atom is -0.399 e. The molecule has 2 fully saturated rings. The Balaban J connectivity index is 1.74.